The number of benzene rings is 1. The number of aromatic nitrogens is 2. The van der Waals surface area contributed by atoms with Gasteiger partial charge in [-0.25, -0.2) is 9.07 Å². The molecule has 1 amide bonds. The zero-order valence-corrected chi connectivity index (χ0v) is 9.99. The molecule has 1 N–H and O–H groups in total. The van der Waals surface area contributed by atoms with Crippen molar-refractivity contribution in [1.29, 1.82) is 0 Å². The molecule has 2 rings (SSSR count). The zero-order chi connectivity index (χ0) is 14.8. The van der Waals surface area contributed by atoms with Gasteiger partial charge in [0.05, 0.1) is 5.69 Å². The molecule has 4 nitrogen and oxygen atoms in total. The van der Waals surface area contributed by atoms with Crippen molar-refractivity contribution in [2.24, 2.45) is 0 Å². The van der Waals surface area contributed by atoms with Crippen molar-refractivity contribution in [2.45, 2.75) is 6.18 Å². The number of hydrogen-bond acceptors (Lipinski definition) is 2. The number of amides is 1. The van der Waals surface area contributed by atoms with Gasteiger partial charge in [-0.05, 0) is 30.3 Å². The Balaban J connectivity index is 2.09. The van der Waals surface area contributed by atoms with Gasteiger partial charge >= 0.3 is 6.18 Å². The summed E-state index contributed by atoms with van der Waals surface area (Å²) in [4.78, 5) is 11.4. The van der Waals surface area contributed by atoms with Crippen molar-refractivity contribution in [1.82, 2.24) is 15.1 Å². The van der Waals surface area contributed by atoms with E-state index in [1.165, 1.54) is 41.2 Å². The molecule has 20 heavy (non-hydrogen) atoms. The minimum atomic E-state index is -4.48. The van der Waals surface area contributed by atoms with Crippen LogP contribution in [-0.2, 0) is 0 Å². The van der Waals surface area contributed by atoms with E-state index in [1.807, 2.05) is 0 Å². The zero-order valence-electron chi connectivity index (χ0n) is 9.99. The van der Waals surface area contributed by atoms with Gasteiger partial charge in [-0.15, -0.1) is 0 Å². The van der Waals surface area contributed by atoms with Crippen LogP contribution in [0.15, 0.2) is 36.5 Å². The van der Waals surface area contributed by atoms with Crippen LogP contribution in [0.5, 0.6) is 0 Å². The lowest BCUT2D eigenvalue weighted by molar-refractivity contribution is -0.123. The van der Waals surface area contributed by atoms with Crippen LogP contribution in [0.3, 0.4) is 0 Å². The van der Waals surface area contributed by atoms with E-state index in [9.17, 15) is 22.4 Å². The first kappa shape index (κ1) is 14.0. The summed E-state index contributed by atoms with van der Waals surface area (Å²) in [6.07, 6.45) is -3.08. The molecule has 0 fully saturated rings. The molecule has 0 spiro atoms. The molecule has 0 bridgehead atoms. The second kappa shape index (κ2) is 5.32. The first-order chi connectivity index (χ1) is 9.35. The summed E-state index contributed by atoms with van der Waals surface area (Å²) < 4.78 is 49.9. The Hall–Kier alpha value is -2.38. The van der Waals surface area contributed by atoms with Crippen LogP contribution in [0.2, 0.25) is 0 Å². The third kappa shape index (κ3) is 3.56. The quantitative estimate of drug-likeness (QED) is 0.881. The third-order valence-corrected chi connectivity index (χ3v) is 2.36. The highest BCUT2D eigenvalue weighted by atomic mass is 19.4. The fourth-order valence-corrected chi connectivity index (χ4v) is 1.45. The summed E-state index contributed by atoms with van der Waals surface area (Å²) in [5.41, 5.74) is 0.333. The summed E-state index contributed by atoms with van der Waals surface area (Å²) in [6.45, 7) is -1.42. The van der Waals surface area contributed by atoms with Gasteiger partial charge in [-0.1, -0.05) is 0 Å². The summed E-state index contributed by atoms with van der Waals surface area (Å²) >= 11 is 0. The summed E-state index contributed by atoms with van der Waals surface area (Å²) in [5, 5.41) is 5.54. The molecule has 8 heteroatoms. The smallest absolute Gasteiger partial charge is 0.342 e. The fraction of sp³-hybridized carbons (Fsp3) is 0.167. The van der Waals surface area contributed by atoms with E-state index >= 15 is 0 Å². The number of carbonyl (C=O) groups is 1. The van der Waals surface area contributed by atoms with Crippen LogP contribution in [0.4, 0.5) is 17.6 Å². The summed E-state index contributed by atoms with van der Waals surface area (Å²) in [6, 6.07) is 6.55. The van der Waals surface area contributed by atoms with Crippen molar-refractivity contribution in [2.75, 3.05) is 6.54 Å². The molecule has 106 valence electrons. The Morgan fingerprint density at radius 2 is 1.85 bits per heavy atom. The highest BCUT2D eigenvalue weighted by Crippen LogP contribution is 2.13. The number of alkyl halides is 3. The molecule has 2 aromatic rings. The highest BCUT2D eigenvalue weighted by molar-refractivity contribution is 5.92. The van der Waals surface area contributed by atoms with Gasteiger partial charge in [-0.2, -0.15) is 18.3 Å². The lowest BCUT2D eigenvalue weighted by Crippen LogP contribution is -2.33. The van der Waals surface area contributed by atoms with E-state index in [2.05, 4.69) is 5.10 Å². The Bertz CT molecular complexity index is 604. The van der Waals surface area contributed by atoms with Crippen molar-refractivity contribution >= 4 is 5.91 Å². The first-order valence-corrected chi connectivity index (χ1v) is 5.52. The van der Waals surface area contributed by atoms with Gasteiger partial charge in [0.1, 0.15) is 12.4 Å². The Labute approximate surface area is 111 Å². The second-order valence-electron chi connectivity index (χ2n) is 3.92. The SMILES string of the molecule is O=C(NCC(F)(F)F)c1ccn(-c2ccc(F)cc2)n1. The normalized spacial score (nSPS) is 11.4. The molecule has 1 heterocycles. The van der Waals surface area contributed by atoms with Crippen molar-refractivity contribution in [3.63, 3.8) is 0 Å². The van der Waals surface area contributed by atoms with Gasteiger partial charge in [-0.3, -0.25) is 4.79 Å². The predicted octanol–water partition coefficient (Wildman–Crippen LogP) is 2.30. The van der Waals surface area contributed by atoms with Crippen molar-refractivity contribution in [3.05, 3.63) is 48.0 Å². The summed E-state index contributed by atoms with van der Waals surface area (Å²) in [5.74, 6) is -1.35. The van der Waals surface area contributed by atoms with Gasteiger partial charge in [0, 0.05) is 6.20 Å². The Morgan fingerprint density at radius 1 is 1.20 bits per heavy atom. The van der Waals surface area contributed by atoms with Crippen LogP contribution in [0.1, 0.15) is 10.5 Å². The minimum Gasteiger partial charge on any atom is -0.342 e. The van der Waals surface area contributed by atoms with Gasteiger partial charge in [0.15, 0.2) is 5.69 Å². The van der Waals surface area contributed by atoms with Gasteiger partial charge < -0.3 is 5.32 Å². The van der Waals surface area contributed by atoms with E-state index in [-0.39, 0.29) is 5.69 Å². The number of rotatable bonds is 3. The average molecular weight is 287 g/mol. The number of nitrogens with one attached hydrogen (secondary N) is 1. The van der Waals surface area contributed by atoms with Gasteiger partial charge in [0.25, 0.3) is 5.91 Å². The maximum Gasteiger partial charge on any atom is 0.405 e. The highest BCUT2D eigenvalue weighted by Gasteiger charge is 2.28. The van der Waals surface area contributed by atoms with E-state index in [4.69, 9.17) is 0 Å². The van der Waals surface area contributed by atoms with E-state index < -0.39 is 24.4 Å². The standard InChI is InChI=1S/C12H9F4N3O/c13-8-1-3-9(4-2-8)19-6-5-10(18-19)11(20)17-7-12(14,15)16/h1-6H,7H2,(H,17,20). The molecule has 0 aliphatic heterocycles. The fourth-order valence-electron chi connectivity index (χ4n) is 1.45. The molecule has 1 aromatic heterocycles. The molecule has 0 atom stereocenters. The molecule has 0 aliphatic rings. The van der Waals surface area contributed by atoms with E-state index in [0.717, 1.165) is 0 Å². The number of halogens is 4. The molecular formula is C12H9F4N3O. The maximum absolute atomic E-state index is 12.7. The van der Waals surface area contributed by atoms with Crippen molar-refractivity contribution in [3.8, 4) is 5.69 Å². The summed E-state index contributed by atoms with van der Waals surface area (Å²) in [7, 11) is 0. The van der Waals surface area contributed by atoms with Crippen LogP contribution < -0.4 is 5.32 Å². The van der Waals surface area contributed by atoms with E-state index in [0.29, 0.717) is 5.69 Å². The predicted molar refractivity (Wildman–Crippen MR) is 61.9 cm³/mol. The minimum absolute atomic E-state index is 0.154. The van der Waals surface area contributed by atoms with Crippen LogP contribution >= 0.6 is 0 Å². The molecular weight excluding hydrogens is 278 g/mol. The molecule has 0 saturated heterocycles. The number of nitrogens with zero attached hydrogens (tertiary/aromatic N) is 2. The first-order valence-electron chi connectivity index (χ1n) is 5.52. The molecule has 0 saturated carbocycles. The van der Waals surface area contributed by atoms with E-state index in [1.54, 1.807) is 5.32 Å². The lowest BCUT2D eigenvalue weighted by Gasteiger charge is -2.06. The maximum atomic E-state index is 12.7. The number of hydrogen-bond donors (Lipinski definition) is 1. The average Bonchev–Trinajstić information content (AvgIpc) is 2.85. The lowest BCUT2D eigenvalue weighted by atomic mass is 10.3. The van der Waals surface area contributed by atoms with Crippen LogP contribution in [0, 0.1) is 5.82 Å². The van der Waals surface area contributed by atoms with Crippen LogP contribution in [0.25, 0.3) is 5.69 Å². The number of carbonyl (C=O) groups excluding carboxylic acids is 1. The molecule has 0 unspecified atom stereocenters. The van der Waals surface area contributed by atoms with Crippen molar-refractivity contribution < 1.29 is 22.4 Å². The largest absolute Gasteiger partial charge is 0.405 e. The molecule has 0 radical (unpaired) electrons. The molecule has 0 aliphatic carbocycles. The second-order valence-corrected chi connectivity index (χ2v) is 3.92. The topological polar surface area (TPSA) is 46.9 Å². The van der Waals surface area contributed by atoms with Crippen LogP contribution in [-0.4, -0.2) is 28.4 Å². The monoisotopic (exact) mass is 287 g/mol. The third-order valence-electron chi connectivity index (χ3n) is 2.36. The van der Waals surface area contributed by atoms with Gasteiger partial charge in [0.2, 0.25) is 0 Å². The Morgan fingerprint density at radius 3 is 2.45 bits per heavy atom. The molecule has 1 aromatic carbocycles. The Kier molecular flexibility index (Phi) is 3.73.